The van der Waals surface area contributed by atoms with Gasteiger partial charge in [-0.15, -0.1) is 0 Å². The van der Waals surface area contributed by atoms with Crippen LogP contribution >= 0.6 is 0 Å². The number of aliphatic hydroxyl groups is 1. The zero-order chi connectivity index (χ0) is 24.7. The first kappa shape index (κ1) is 25.1. The Hall–Kier alpha value is -3.51. The van der Waals surface area contributed by atoms with Gasteiger partial charge in [-0.3, -0.25) is 14.6 Å². The molecule has 1 N–H and O–H groups in total. The fourth-order valence-electron chi connectivity index (χ4n) is 3.64. The van der Waals surface area contributed by atoms with Crippen LogP contribution in [0.25, 0.3) is 0 Å². The number of carbonyl (C=O) groups is 2. The molecule has 0 unspecified atom stereocenters. The number of likely N-dealkylation sites (N-methyl/N-ethyl adjacent to an activating group) is 1. The van der Waals surface area contributed by atoms with Crippen molar-refractivity contribution in [2.24, 2.45) is 5.92 Å². The second kappa shape index (κ2) is 11.6. The fraction of sp³-hybridized carbons (Fsp3) is 0.480. The summed E-state index contributed by atoms with van der Waals surface area (Å²) in [6, 6.07) is 1.29. The molecule has 0 saturated heterocycles. The number of ether oxygens (including phenoxy) is 1. The number of rotatable bonds is 6. The Bertz CT molecular complexity index is 1070. The summed E-state index contributed by atoms with van der Waals surface area (Å²) < 4.78 is 6.22. The van der Waals surface area contributed by atoms with Crippen molar-refractivity contribution in [2.45, 2.75) is 45.8 Å². The predicted octanol–water partition coefficient (Wildman–Crippen LogP) is 2.02. The topological polar surface area (TPSA) is 109 Å². The van der Waals surface area contributed by atoms with E-state index in [0.29, 0.717) is 17.7 Å². The number of carbonyl (C=O) groups excluding carboxylic acids is 2. The molecule has 9 heteroatoms. The zero-order valence-electron chi connectivity index (χ0n) is 20.1. The Labute approximate surface area is 200 Å². The van der Waals surface area contributed by atoms with E-state index in [-0.39, 0.29) is 42.5 Å². The standard InChI is InChI=1S/C25H31N5O4/c1-5-6-7-8-19-11-20-23(28-12-19)34-22(17(2)14-30(24(20)32)18(3)16-31)15-29(4)25(33)21-13-26-9-10-27-21/h9-13,17-18,22,31H,5-6,14-16H2,1-4H3/t17-,18-,22-/m0/s1. The Kier molecular flexibility index (Phi) is 8.55. The van der Waals surface area contributed by atoms with E-state index in [9.17, 15) is 14.7 Å². The number of unbranched alkanes of at least 4 members (excludes halogenated alkanes) is 1. The minimum Gasteiger partial charge on any atom is -0.472 e. The quantitative estimate of drug-likeness (QED) is 0.650. The van der Waals surface area contributed by atoms with Crippen molar-refractivity contribution in [1.82, 2.24) is 24.8 Å². The maximum atomic E-state index is 13.4. The minimum absolute atomic E-state index is 0.144. The Morgan fingerprint density at radius 3 is 2.82 bits per heavy atom. The van der Waals surface area contributed by atoms with Crippen molar-refractivity contribution in [2.75, 3.05) is 26.7 Å². The van der Waals surface area contributed by atoms with Gasteiger partial charge >= 0.3 is 0 Å². The van der Waals surface area contributed by atoms with Gasteiger partial charge < -0.3 is 19.6 Å². The van der Waals surface area contributed by atoms with Gasteiger partial charge in [-0.05, 0) is 19.4 Å². The van der Waals surface area contributed by atoms with Crippen LogP contribution in [0.3, 0.4) is 0 Å². The highest BCUT2D eigenvalue weighted by Gasteiger charge is 2.34. The van der Waals surface area contributed by atoms with Gasteiger partial charge in [0.2, 0.25) is 5.88 Å². The first-order valence-electron chi connectivity index (χ1n) is 11.4. The third-order valence-corrected chi connectivity index (χ3v) is 5.71. The molecule has 9 nitrogen and oxygen atoms in total. The normalized spacial score (nSPS) is 18.5. The van der Waals surface area contributed by atoms with Crippen LogP contribution in [0.4, 0.5) is 0 Å². The molecule has 3 heterocycles. The van der Waals surface area contributed by atoms with Crippen LogP contribution in [-0.4, -0.2) is 80.6 Å². The lowest BCUT2D eigenvalue weighted by Gasteiger charge is -2.37. The third-order valence-electron chi connectivity index (χ3n) is 5.71. The van der Waals surface area contributed by atoms with Crippen LogP contribution in [0.2, 0.25) is 0 Å². The van der Waals surface area contributed by atoms with E-state index in [4.69, 9.17) is 4.74 Å². The van der Waals surface area contributed by atoms with Crippen LogP contribution in [-0.2, 0) is 0 Å². The van der Waals surface area contributed by atoms with Gasteiger partial charge in [-0.25, -0.2) is 9.97 Å². The first-order chi connectivity index (χ1) is 16.3. The van der Waals surface area contributed by atoms with Crippen LogP contribution in [0.1, 0.15) is 60.0 Å². The van der Waals surface area contributed by atoms with E-state index < -0.39 is 12.1 Å². The fourth-order valence-corrected chi connectivity index (χ4v) is 3.64. The van der Waals surface area contributed by atoms with E-state index >= 15 is 0 Å². The molecule has 34 heavy (non-hydrogen) atoms. The molecule has 0 aromatic carbocycles. The maximum Gasteiger partial charge on any atom is 0.273 e. The van der Waals surface area contributed by atoms with Gasteiger partial charge in [0, 0.05) is 50.1 Å². The first-order valence-corrected chi connectivity index (χ1v) is 11.4. The molecular formula is C25H31N5O4. The predicted molar refractivity (Wildman–Crippen MR) is 126 cm³/mol. The van der Waals surface area contributed by atoms with E-state index in [1.807, 2.05) is 13.8 Å². The second-order valence-corrected chi connectivity index (χ2v) is 8.53. The smallest absolute Gasteiger partial charge is 0.273 e. The largest absolute Gasteiger partial charge is 0.472 e. The average molecular weight is 466 g/mol. The number of aromatic nitrogens is 3. The maximum absolute atomic E-state index is 13.4. The molecule has 0 radical (unpaired) electrons. The third kappa shape index (κ3) is 5.88. The minimum atomic E-state index is -0.449. The zero-order valence-corrected chi connectivity index (χ0v) is 20.1. The number of nitrogens with zero attached hydrogens (tertiary/aromatic N) is 5. The summed E-state index contributed by atoms with van der Waals surface area (Å²) >= 11 is 0. The lowest BCUT2D eigenvalue weighted by molar-refractivity contribution is 0.0312. The van der Waals surface area contributed by atoms with E-state index in [0.717, 1.165) is 12.8 Å². The van der Waals surface area contributed by atoms with Crippen LogP contribution in [0.5, 0.6) is 5.88 Å². The molecule has 2 amide bonds. The van der Waals surface area contributed by atoms with Gasteiger partial charge in [-0.2, -0.15) is 0 Å². The van der Waals surface area contributed by atoms with Gasteiger partial charge in [0.25, 0.3) is 11.8 Å². The second-order valence-electron chi connectivity index (χ2n) is 8.53. The van der Waals surface area contributed by atoms with Gasteiger partial charge in [0.15, 0.2) is 0 Å². The number of pyridine rings is 1. The summed E-state index contributed by atoms with van der Waals surface area (Å²) in [4.78, 5) is 41.8. The lowest BCUT2D eigenvalue weighted by Crippen LogP contribution is -2.50. The molecule has 3 atom stereocenters. The molecule has 2 aromatic heterocycles. The number of hydrogen-bond donors (Lipinski definition) is 1. The Morgan fingerprint density at radius 1 is 1.35 bits per heavy atom. The number of fused-ring (bicyclic) bond motifs is 1. The average Bonchev–Trinajstić information content (AvgIpc) is 2.86. The Morgan fingerprint density at radius 2 is 2.15 bits per heavy atom. The van der Waals surface area contributed by atoms with Crippen LogP contribution < -0.4 is 4.74 Å². The molecule has 1 aliphatic heterocycles. The van der Waals surface area contributed by atoms with Crippen molar-refractivity contribution >= 4 is 11.8 Å². The van der Waals surface area contributed by atoms with Crippen molar-refractivity contribution in [1.29, 1.82) is 0 Å². The number of aliphatic hydroxyl groups excluding tert-OH is 1. The summed E-state index contributed by atoms with van der Waals surface area (Å²) in [5.41, 5.74) is 1.16. The Balaban J connectivity index is 1.93. The van der Waals surface area contributed by atoms with Crippen molar-refractivity contribution in [3.05, 3.63) is 47.7 Å². The molecule has 0 fully saturated rings. The van der Waals surface area contributed by atoms with Gasteiger partial charge in [0.1, 0.15) is 17.4 Å². The molecule has 0 aliphatic carbocycles. The number of hydrogen-bond acceptors (Lipinski definition) is 7. The SMILES string of the molecule is CCCC#Cc1cnc2c(c1)C(=O)N([C@@H](C)CO)C[C@H](C)[C@H](CN(C)C(=O)c1cnccn1)O2. The summed E-state index contributed by atoms with van der Waals surface area (Å²) in [7, 11) is 1.67. The van der Waals surface area contributed by atoms with Gasteiger partial charge in [-0.1, -0.05) is 25.7 Å². The molecule has 0 spiro atoms. The highest BCUT2D eigenvalue weighted by Crippen LogP contribution is 2.27. The molecule has 1 aliphatic rings. The lowest BCUT2D eigenvalue weighted by atomic mass is 9.99. The summed E-state index contributed by atoms with van der Waals surface area (Å²) in [6.07, 6.45) is 7.23. The summed E-state index contributed by atoms with van der Waals surface area (Å²) in [5.74, 6) is 5.61. The molecule has 2 aromatic rings. The van der Waals surface area contributed by atoms with E-state index in [1.165, 1.54) is 23.5 Å². The molecule has 180 valence electrons. The molecule has 0 saturated carbocycles. The highest BCUT2D eigenvalue weighted by atomic mass is 16.5. The van der Waals surface area contributed by atoms with Crippen LogP contribution in [0.15, 0.2) is 30.9 Å². The molecular weight excluding hydrogens is 434 g/mol. The summed E-state index contributed by atoms with van der Waals surface area (Å²) in [6.45, 7) is 6.23. The highest BCUT2D eigenvalue weighted by molar-refractivity contribution is 5.97. The number of amides is 2. The summed E-state index contributed by atoms with van der Waals surface area (Å²) in [5, 5.41) is 9.78. The molecule has 0 bridgehead atoms. The molecule has 3 rings (SSSR count). The van der Waals surface area contributed by atoms with Crippen molar-refractivity contribution in [3.8, 4) is 17.7 Å². The van der Waals surface area contributed by atoms with Gasteiger partial charge in [0.05, 0.1) is 25.4 Å². The van der Waals surface area contributed by atoms with Crippen molar-refractivity contribution in [3.63, 3.8) is 0 Å². The van der Waals surface area contributed by atoms with E-state index in [2.05, 4.69) is 26.8 Å². The van der Waals surface area contributed by atoms with Crippen LogP contribution in [0, 0.1) is 17.8 Å². The van der Waals surface area contributed by atoms with Crippen molar-refractivity contribution < 1.29 is 19.4 Å². The van der Waals surface area contributed by atoms with E-state index in [1.54, 1.807) is 31.1 Å². The monoisotopic (exact) mass is 465 g/mol.